The Morgan fingerprint density at radius 1 is 1.24 bits per heavy atom. The van der Waals surface area contributed by atoms with Gasteiger partial charge in [0.25, 0.3) is 5.91 Å². The van der Waals surface area contributed by atoms with Crippen LogP contribution in [0.3, 0.4) is 0 Å². The molecule has 0 fully saturated rings. The van der Waals surface area contributed by atoms with E-state index in [0.717, 1.165) is 10.4 Å². The molecule has 0 saturated carbocycles. The second-order valence-electron chi connectivity index (χ2n) is 5.30. The second-order valence-corrected chi connectivity index (χ2v) is 7.37. The first kappa shape index (κ1) is 19.6. The molecule has 1 amide bonds. The van der Waals surface area contributed by atoms with Gasteiger partial charge < -0.3 is 14.8 Å². The Hall–Kier alpha value is -1.76. The molecule has 1 aromatic carbocycles. The van der Waals surface area contributed by atoms with Crippen LogP contribution in [-0.4, -0.2) is 25.1 Å². The fourth-order valence-electron chi connectivity index (χ4n) is 2.09. The first-order valence-electron chi connectivity index (χ1n) is 7.35. The maximum atomic E-state index is 12.4. The Morgan fingerprint density at radius 3 is 2.52 bits per heavy atom. The lowest BCUT2D eigenvalue weighted by molar-refractivity contribution is -0.122. The van der Waals surface area contributed by atoms with Crippen molar-refractivity contribution in [1.29, 1.82) is 0 Å². The van der Waals surface area contributed by atoms with Gasteiger partial charge in [-0.3, -0.25) is 4.79 Å². The van der Waals surface area contributed by atoms with Gasteiger partial charge in [0.05, 0.1) is 17.7 Å². The van der Waals surface area contributed by atoms with Gasteiger partial charge in [0.2, 0.25) is 0 Å². The van der Waals surface area contributed by atoms with E-state index in [4.69, 9.17) is 32.7 Å². The molecule has 0 unspecified atom stereocenters. The summed E-state index contributed by atoms with van der Waals surface area (Å²) in [6, 6.07) is 4.74. The highest BCUT2D eigenvalue weighted by Crippen LogP contribution is 2.33. The van der Waals surface area contributed by atoms with E-state index in [1.54, 1.807) is 26.0 Å². The van der Waals surface area contributed by atoms with Crippen LogP contribution in [0.5, 0.6) is 5.75 Å². The Balaban J connectivity index is 2.16. The Bertz CT molecular complexity index is 819. The van der Waals surface area contributed by atoms with Crippen molar-refractivity contribution in [2.24, 2.45) is 0 Å². The van der Waals surface area contributed by atoms with Crippen LogP contribution in [0, 0.1) is 13.8 Å². The topological polar surface area (TPSA) is 64.6 Å². The van der Waals surface area contributed by atoms with E-state index in [0.29, 0.717) is 26.4 Å². The molecule has 1 aromatic heterocycles. The molecular weight excluding hydrogens is 385 g/mol. The third-order valence-corrected chi connectivity index (χ3v) is 5.23. The molecule has 134 valence electrons. The number of esters is 1. The molecule has 5 nitrogen and oxygen atoms in total. The molecule has 1 heterocycles. The van der Waals surface area contributed by atoms with Crippen molar-refractivity contribution < 1.29 is 19.1 Å². The fraction of sp³-hybridized carbons (Fsp3) is 0.294. The lowest BCUT2D eigenvalue weighted by Crippen LogP contribution is -2.30. The van der Waals surface area contributed by atoms with Gasteiger partial charge in [0.1, 0.15) is 10.8 Å². The van der Waals surface area contributed by atoms with Gasteiger partial charge in [-0.1, -0.05) is 23.2 Å². The van der Waals surface area contributed by atoms with E-state index in [1.807, 2.05) is 6.92 Å². The highest BCUT2D eigenvalue weighted by atomic mass is 35.5. The number of halogens is 2. The van der Waals surface area contributed by atoms with E-state index < -0.39 is 18.0 Å². The summed E-state index contributed by atoms with van der Waals surface area (Å²) in [5.74, 6) is -0.552. The molecule has 0 aliphatic rings. The van der Waals surface area contributed by atoms with Crippen LogP contribution >= 0.6 is 34.5 Å². The number of carbonyl (C=O) groups is 2. The summed E-state index contributed by atoms with van der Waals surface area (Å²) in [7, 11) is 1.30. The summed E-state index contributed by atoms with van der Waals surface area (Å²) in [4.78, 5) is 25.3. The maximum Gasteiger partial charge on any atom is 0.341 e. The van der Waals surface area contributed by atoms with Gasteiger partial charge in [-0.15, -0.1) is 11.3 Å². The lowest BCUT2D eigenvalue weighted by Gasteiger charge is -2.15. The average Bonchev–Trinajstić information content (AvgIpc) is 2.83. The maximum absolute atomic E-state index is 12.4. The lowest BCUT2D eigenvalue weighted by atomic mass is 10.1. The number of methoxy groups -OCH3 is 1. The summed E-state index contributed by atoms with van der Waals surface area (Å²) in [5, 5.41) is 3.94. The van der Waals surface area contributed by atoms with Crippen molar-refractivity contribution in [2.45, 2.75) is 26.9 Å². The van der Waals surface area contributed by atoms with Crippen LogP contribution in [0.1, 0.15) is 27.7 Å². The number of benzene rings is 1. The molecule has 0 aliphatic carbocycles. The summed E-state index contributed by atoms with van der Waals surface area (Å²) in [5.41, 5.74) is 1.14. The SMILES string of the molecule is COC(=O)c1c(NC(=O)[C@@H](C)Oc2ccc(Cl)cc2Cl)sc(C)c1C. The fourth-order valence-corrected chi connectivity index (χ4v) is 3.60. The molecule has 0 bridgehead atoms. The highest BCUT2D eigenvalue weighted by molar-refractivity contribution is 7.16. The normalized spacial score (nSPS) is 11.8. The smallest absolute Gasteiger partial charge is 0.341 e. The third-order valence-electron chi connectivity index (χ3n) is 3.58. The molecule has 2 aromatic rings. The van der Waals surface area contributed by atoms with E-state index in [2.05, 4.69) is 5.32 Å². The van der Waals surface area contributed by atoms with Crippen LogP contribution in [0.25, 0.3) is 0 Å². The zero-order valence-corrected chi connectivity index (χ0v) is 16.4. The molecular formula is C17H17Cl2NO4S. The van der Waals surface area contributed by atoms with Crippen molar-refractivity contribution in [1.82, 2.24) is 0 Å². The van der Waals surface area contributed by atoms with E-state index in [1.165, 1.54) is 24.5 Å². The Morgan fingerprint density at radius 2 is 1.92 bits per heavy atom. The number of nitrogens with one attached hydrogen (secondary N) is 1. The van der Waals surface area contributed by atoms with Crippen LogP contribution in [0.2, 0.25) is 10.0 Å². The van der Waals surface area contributed by atoms with Gasteiger partial charge in [-0.25, -0.2) is 4.79 Å². The number of hydrogen-bond acceptors (Lipinski definition) is 5. The van der Waals surface area contributed by atoms with Gasteiger partial charge >= 0.3 is 5.97 Å². The van der Waals surface area contributed by atoms with E-state index in [9.17, 15) is 9.59 Å². The number of thiophene rings is 1. The van der Waals surface area contributed by atoms with Crippen LogP contribution in [0.15, 0.2) is 18.2 Å². The molecule has 0 spiro atoms. The van der Waals surface area contributed by atoms with E-state index >= 15 is 0 Å². The predicted octanol–water partition coefficient (Wildman–Crippen LogP) is 4.86. The molecule has 0 radical (unpaired) electrons. The van der Waals surface area contributed by atoms with Crippen LogP contribution < -0.4 is 10.1 Å². The number of ether oxygens (including phenoxy) is 2. The van der Waals surface area contributed by atoms with E-state index in [-0.39, 0.29) is 0 Å². The minimum absolute atomic E-state index is 0.310. The quantitative estimate of drug-likeness (QED) is 0.726. The molecule has 1 N–H and O–H groups in total. The number of hydrogen-bond donors (Lipinski definition) is 1. The van der Waals surface area contributed by atoms with Crippen molar-refractivity contribution in [3.05, 3.63) is 44.2 Å². The van der Waals surface area contributed by atoms with Gasteiger partial charge in [0, 0.05) is 9.90 Å². The van der Waals surface area contributed by atoms with Gasteiger partial charge in [0.15, 0.2) is 6.10 Å². The molecule has 8 heteroatoms. The summed E-state index contributed by atoms with van der Waals surface area (Å²) in [6.45, 7) is 5.27. The minimum Gasteiger partial charge on any atom is -0.479 e. The zero-order valence-electron chi connectivity index (χ0n) is 14.1. The standard InChI is InChI=1S/C17H17Cl2NO4S/c1-8-10(3)25-16(14(8)17(22)23-4)20-15(21)9(2)24-13-6-5-11(18)7-12(13)19/h5-7,9H,1-4H3,(H,20,21)/t9-/m1/s1. The Kier molecular flexibility index (Phi) is 6.32. The van der Waals surface area contributed by atoms with Crippen molar-refractivity contribution in [3.63, 3.8) is 0 Å². The summed E-state index contributed by atoms with van der Waals surface area (Å²) < 4.78 is 10.4. The number of aryl methyl sites for hydroxylation is 1. The number of amides is 1. The minimum atomic E-state index is -0.827. The number of anilines is 1. The van der Waals surface area contributed by atoms with Crippen LogP contribution in [0.4, 0.5) is 5.00 Å². The molecule has 0 aliphatic heterocycles. The van der Waals surface area contributed by atoms with Crippen molar-refractivity contribution in [2.75, 3.05) is 12.4 Å². The summed E-state index contributed by atoms with van der Waals surface area (Å²) >= 11 is 13.2. The number of carbonyl (C=O) groups excluding carboxylic acids is 2. The molecule has 0 saturated heterocycles. The molecule has 2 rings (SSSR count). The summed E-state index contributed by atoms with van der Waals surface area (Å²) in [6.07, 6.45) is -0.827. The molecule has 25 heavy (non-hydrogen) atoms. The van der Waals surface area contributed by atoms with Crippen molar-refractivity contribution >= 4 is 51.4 Å². The average molecular weight is 402 g/mol. The zero-order chi connectivity index (χ0) is 18.7. The third kappa shape index (κ3) is 4.45. The first-order valence-corrected chi connectivity index (χ1v) is 8.92. The predicted molar refractivity (Wildman–Crippen MR) is 100 cm³/mol. The number of rotatable bonds is 5. The van der Waals surface area contributed by atoms with Gasteiger partial charge in [-0.2, -0.15) is 0 Å². The van der Waals surface area contributed by atoms with Crippen LogP contribution in [-0.2, 0) is 9.53 Å². The van der Waals surface area contributed by atoms with Gasteiger partial charge in [-0.05, 0) is 44.5 Å². The Labute approximate surface area is 159 Å². The highest BCUT2D eigenvalue weighted by Gasteiger charge is 2.24. The monoisotopic (exact) mass is 401 g/mol. The second kappa shape index (κ2) is 8.08. The van der Waals surface area contributed by atoms with Crippen molar-refractivity contribution in [3.8, 4) is 5.75 Å². The molecule has 1 atom stereocenters. The first-order chi connectivity index (χ1) is 11.7. The largest absolute Gasteiger partial charge is 0.479 e.